The maximum atomic E-state index is 11.5. The van der Waals surface area contributed by atoms with E-state index < -0.39 is 0 Å². The average molecular weight is 349 g/mol. The standard InChI is InChI=1S/C17H27N5O3/c1-21(2)14-6-15(20-12-19-14)22-10-17(11-22)5-4-13(8-25-17)7-18-16(23)9-24-3/h6,12-13H,4-5,7-11H2,1-3H3,(H,18,23)/t13-/m0/s1. The molecule has 1 aromatic heterocycles. The number of carbonyl (C=O) groups excluding carboxylic acids is 1. The molecule has 1 amide bonds. The monoisotopic (exact) mass is 349 g/mol. The first kappa shape index (κ1) is 17.9. The molecule has 2 fully saturated rings. The van der Waals surface area contributed by atoms with Gasteiger partial charge in [0.25, 0.3) is 0 Å². The van der Waals surface area contributed by atoms with E-state index in [2.05, 4.69) is 20.2 Å². The lowest BCUT2D eigenvalue weighted by Crippen LogP contribution is -2.65. The predicted octanol–water partition coefficient (Wildman–Crippen LogP) is 0.291. The number of anilines is 2. The molecule has 1 atom stereocenters. The van der Waals surface area contributed by atoms with Gasteiger partial charge in [0.1, 0.15) is 30.2 Å². The molecule has 2 aliphatic heterocycles. The summed E-state index contributed by atoms with van der Waals surface area (Å²) >= 11 is 0. The van der Waals surface area contributed by atoms with Gasteiger partial charge in [-0.05, 0) is 18.8 Å². The van der Waals surface area contributed by atoms with Crippen molar-refractivity contribution in [1.82, 2.24) is 15.3 Å². The Morgan fingerprint density at radius 3 is 2.92 bits per heavy atom. The van der Waals surface area contributed by atoms with Crippen molar-refractivity contribution in [3.63, 3.8) is 0 Å². The van der Waals surface area contributed by atoms with E-state index in [1.165, 1.54) is 7.11 Å². The van der Waals surface area contributed by atoms with Crippen LogP contribution in [0.25, 0.3) is 0 Å². The summed E-state index contributed by atoms with van der Waals surface area (Å²) in [6.07, 6.45) is 3.68. The molecule has 0 unspecified atom stereocenters. The van der Waals surface area contributed by atoms with Gasteiger partial charge in [0.15, 0.2) is 0 Å². The summed E-state index contributed by atoms with van der Waals surface area (Å²) in [6.45, 7) is 3.17. The fourth-order valence-corrected chi connectivity index (χ4v) is 3.33. The molecule has 3 rings (SSSR count). The van der Waals surface area contributed by atoms with E-state index in [0.717, 1.165) is 37.6 Å². The summed E-state index contributed by atoms with van der Waals surface area (Å²) in [5.41, 5.74) is -0.0593. The summed E-state index contributed by atoms with van der Waals surface area (Å²) in [7, 11) is 5.47. The van der Waals surface area contributed by atoms with Crippen LogP contribution in [0.15, 0.2) is 12.4 Å². The van der Waals surface area contributed by atoms with E-state index in [-0.39, 0.29) is 18.1 Å². The van der Waals surface area contributed by atoms with Gasteiger partial charge in [0.2, 0.25) is 5.91 Å². The van der Waals surface area contributed by atoms with Gasteiger partial charge >= 0.3 is 0 Å². The average Bonchev–Trinajstić information content (AvgIpc) is 2.59. The molecule has 0 bridgehead atoms. The van der Waals surface area contributed by atoms with E-state index in [1.807, 2.05) is 25.1 Å². The highest BCUT2D eigenvalue weighted by Crippen LogP contribution is 2.38. The zero-order chi connectivity index (χ0) is 17.9. The normalized spacial score (nSPS) is 21.7. The molecule has 0 aromatic carbocycles. The maximum Gasteiger partial charge on any atom is 0.245 e. The molecule has 138 valence electrons. The third-order valence-corrected chi connectivity index (χ3v) is 4.88. The molecule has 1 N–H and O–H groups in total. The van der Waals surface area contributed by atoms with Gasteiger partial charge in [0.05, 0.1) is 19.7 Å². The summed E-state index contributed by atoms with van der Waals surface area (Å²) in [5, 5.41) is 2.89. The van der Waals surface area contributed by atoms with E-state index in [1.54, 1.807) is 6.33 Å². The second-order valence-corrected chi connectivity index (χ2v) is 7.12. The van der Waals surface area contributed by atoms with Crippen LogP contribution in [0.3, 0.4) is 0 Å². The predicted molar refractivity (Wildman–Crippen MR) is 94.9 cm³/mol. The molecule has 0 aliphatic carbocycles. The van der Waals surface area contributed by atoms with E-state index in [9.17, 15) is 4.79 Å². The first-order chi connectivity index (χ1) is 12.0. The minimum absolute atomic E-state index is 0.0593. The van der Waals surface area contributed by atoms with Crippen molar-refractivity contribution in [1.29, 1.82) is 0 Å². The Kier molecular flexibility index (Phi) is 5.39. The summed E-state index contributed by atoms with van der Waals surface area (Å²) in [6, 6.07) is 2.00. The van der Waals surface area contributed by atoms with Crippen molar-refractivity contribution < 1.29 is 14.3 Å². The molecule has 3 heterocycles. The number of rotatable bonds is 6. The number of nitrogens with one attached hydrogen (secondary N) is 1. The molecular formula is C17H27N5O3. The number of nitrogens with zero attached hydrogens (tertiary/aromatic N) is 4. The smallest absolute Gasteiger partial charge is 0.245 e. The Hall–Kier alpha value is -1.93. The molecule has 8 heteroatoms. The SMILES string of the molecule is COCC(=O)NC[C@@H]1CCC2(CN(c3cc(N(C)C)ncn3)C2)OC1. The third kappa shape index (κ3) is 4.19. The van der Waals surface area contributed by atoms with Crippen molar-refractivity contribution in [2.24, 2.45) is 5.92 Å². The van der Waals surface area contributed by atoms with Crippen LogP contribution in [0.4, 0.5) is 11.6 Å². The number of carbonyl (C=O) groups is 1. The number of amides is 1. The van der Waals surface area contributed by atoms with Crippen molar-refractivity contribution in [2.75, 3.05) is 63.9 Å². The van der Waals surface area contributed by atoms with E-state index in [4.69, 9.17) is 9.47 Å². The molecule has 2 aliphatic rings. The minimum Gasteiger partial charge on any atom is -0.375 e. The van der Waals surface area contributed by atoms with Crippen LogP contribution in [-0.4, -0.2) is 75.5 Å². The van der Waals surface area contributed by atoms with Gasteiger partial charge < -0.3 is 24.6 Å². The fourth-order valence-electron chi connectivity index (χ4n) is 3.33. The Morgan fingerprint density at radius 2 is 2.28 bits per heavy atom. The second-order valence-electron chi connectivity index (χ2n) is 7.12. The molecule has 0 saturated carbocycles. The number of hydrogen-bond donors (Lipinski definition) is 1. The van der Waals surface area contributed by atoms with Crippen molar-refractivity contribution in [2.45, 2.75) is 18.4 Å². The summed E-state index contributed by atoms with van der Waals surface area (Å²) < 4.78 is 11.0. The zero-order valence-electron chi connectivity index (χ0n) is 15.2. The number of aromatic nitrogens is 2. The van der Waals surface area contributed by atoms with Crippen LogP contribution in [0.5, 0.6) is 0 Å². The van der Waals surface area contributed by atoms with Crippen molar-refractivity contribution >= 4 is 17.5 Å². The van der Waals surface area contributed by atoms with Crippen molar-refractivity contribution in [3.05, 3.63) is 12.4 Å². The quantitative estimate of drug-likeness (QED) is 0.791. The Morgan fingerprint density at radius 1 is 1.48 bits per heavy atom. The molecule has 25 heavy (non-hydrogen) atoms. The van der Waals surface area contributed by atoms with Crippen LogP contribution < -0.4 is 15.1 Å². The Bertz CT molecular complexity index is 594. The minimum atomic E-state index is -0.0712. The topological polar surface area (TPSA) is 79.8 Å². The van der Waals surface area contributed by atoms with Crippen LogP contribution in [0, 0.1) is 5.92 Å². The van der Waals surface area contributed by atoms with Gasteiger partial charge in [-0.25, -0.2) is 9.97 Å². The number of ether oxygens (including phenoxy) is 2. The lowest BCUT2D eigenvalue weighted by atomic mass is 9.83. The van der Waals surface area contributed by atoms with Gasteiger partial charge in [-0.1, -0.05) is 0 Å². The highest BCUT2D eigenvalue weighted by atomic mass is 16.5. The maximum absolute atomic E-state index is 11.5. The Balaban J connectivity index is 1.45. The van der Waals surface area contributed by atoms with E-state index >= 15 is 0 Å². The highest BCUT2D eigenvalue weighted by Gasteiger charge is 2.47. The first-order valence-electron chi connectivity index (χ1n) is 8.65. The lowest BCUT2D eigenvalue weighted by molar-refractivity contribution is -0.127. The van der Waals surface area contributed by atoms with Crippen LogP contribution in [0.1, 0.15) is 12.8 Å². The molecule has 8 nitrogen and oxygen atoms in total. The second kappa shape index (κ2) is 7.53. The molecule has 1 spiro atoms. The fraction of sp³-hybridized carbons (Fsp3) is 0.706. The van der Waals surface area contributed by atoms with Crippen LogP contribution in [-0.2, 0) is 14.3 Å². The highest BCUT2D eigenvalue weighted by molar-refractivity contribution is 5.77. The van der Waals surface area contributed by atoms with Gasteiger partial charge in [-0.15, -0.1) is 0 Å². The molecule has 0 radical (unpaired) electrons. The van der Waals surface area contributed by atoms with Crippen LogP contribution >= 0.6 is 0 Å². The third-order valence-electron chi connectivity index (χ3n) is 4.88. The van der Waals surface area contributed by atoms with Gasteiger partial charge in [-0.3, -0.25) is 4.79 Å². The van der Waals surface area contributed by atoms with Gasteiger partial charge in [0, 0.05) is 33.8 Å². The van der Waals surface area contributed by atoms with Gasteiger partial charge in [-0.2, -0.15) is 0 Å². The largest absolute Gasteiger partial charge is 0.375 e. The molecule has 2 saturated heterocycles. The van der Waals surface area contributed by atoms with Crippen LogP contribution in [0.2, 0.25) is 0 Å². The van der Waals surface area contributed by atoms with Crippen molar-refractivity contribution in [3.8, 4) is 0 Å². The lowest BCUT2D eigenvalue weighted by Gasteiger charge is -2.53. The summed E-state index contributed by atoms with van der Waals surface area (Å²) in [4.78, 5) is 24.3. The zero-order valence-corrected chi connectivity index (χ0v) is 15.2. The molecular weight excluding hydrogens is 322 g/mol. The Labute approximate surface area is 148 Å². The summed E-state index contributed by atoms with van der Waals surface area (Å²) in [5.74, 6) is 2.15. The molecule has 1 aromatic rings. The first-order valence-corrected chi connectivity index (χ1v) is 8.65. The number of hydrogen-bond acceptors (Lipinski definition) is 7. The number of methoxy groups -OCH3 is 1. The van der Waals surface area contributed by atoms with E-state index in [0.29, 0.717) is 19.1 Å².